The smallest absolute Gasteiger partial charge is 2.00 e. The first kappa shape index (κ1) is 58.6. The molecule has 0 unspecified atom stereocenters. The molecule has 9 aromatic rings. The SMILES string of the molecule is O[Si](c1ccc(Cl)cc1)(c1ccc(Cl)cc1)c1ccc(Cl)cc1.O[Si](c1ccc(Cl)cc1)(c1ccc(Cl)cc1)c1ccc(Cl)cc1.O[Si](c1ccc(Cl)cc1)(c1ccc(Cl)cc1)c1ccc(Cl)cc1.[O-2].[V+2]. The van der Waals surface area contributed by atoms with E-state index in [0.717, 1.165) is 46.7 Å². The van der Waals surface area contributed by atoms with Gasteiger partial charge in [0, 0.05) is 45.2 Å². The largest absolute Gasteiger partial charge is 2.00 e. The maximum absolute atomic E-state index is 11.7. The number of benzene rings is 9. The first-order valence-corrected chi connectivity index (χ1v) is 30.3. The van der Waals surface area contributed by atoms with Crippen molar-refractivity contribution < 1.29 is 38.4 Å². The van der Waals surface area contributed by atoms with Gasteiger partial charge in [0.1, 0.15) is 0 Å². The molecule has 0 heterocycles. The molecule has 359 valence electrons. The fourth-order valence-electron chi connectivity index (χ4n) is 7.72. The van der Waals surface area contributed by atoms with E-state index >= 15 is 0 Å². The minimum absolute atomic E-state index is 0. The van der Waals surface area contributed by atoms with Crippen LogP contribution in [0.2, 0.25) is 45.2 Å². The molecule has 0 aliphatic heterocycles. The Bertz CT molecular complexity index is 2420. The summed E-state index contributed by atoms with van der Waals surface area (Å²) in [5.41, 5.74) is 0. The average molecular weight is 1210 g/mol. The van der Waals surface area contributed by atoms with E-state index in [1.165, 1.54) is 0 Å². The number of halogens is 9. The molecule has 71 heavy (non-hydrogen) atoms. The Hall–Kier alpha value is -3.33. The van der Waals surface area contributed by atoms with Crippen molar-refractivity contribution >= 4 is 176 Å². The quantitative estimate of drug-likeness (QED) is 0.0994. The van der Waals surface area contributed by atoms with Gasteiger partial charge in [0.15, 0.2) is 0 Å². The van der Waals surface area contributed by atoms with Crippen molar-refractivity contribution in [2.45, 2.75) is 0 Å². The summed E-state index contributed by atoms with van der Waals surface area (Å²) in [4.78, 5) is 35.1. The van der Waals surface area contributed by atoms with Crippen LogP contribution >= 0.6 is 104 Å². The topological polar surface area (TPSA) is 89.2 Å². The molecule has 1 radical (unpaired) electrons. The minimum Gasteiger partial charge on any atom is -2.00 e. The van der Waals surface area contributed by atoms with Crippen LogP contribution in [-0.2, 0) is 24.0 Å². The minimum atomic E-state index is -3.12. The van der Waals surface area contributed by atoms with Gasteiger partial charge in [0.05, 0.1) is 0 Å². The molecule has 0 aliphatic carbocycles. The summed E-state index contributed by atoms with van der Waals surface area (Å²) < 4.78 is 0. The summed E-state index contributed by atoms with van der Waals surface area (Å²) in [7, 11) is -9.37. The van der Waals surface area contributed by atoms with Crippen LogP contribution in [0.25, 0.3) is 0 Å². The molecule has 0 fully saturated rings. The Kier molecular flexibility index (Phi) is 21.6. The van der Waals surface area contributed by atoms with E-state index in [1.54, 1.807) is 109 Å². The van der Waals surface area contributed by atoms with Gasteiger partial charge in [-0.1, -0.05) is 214 Å². The Labute approximate surface area is 473 Å². The molecular weight excluding hydrogens is 1170 g/mol. The summed E-state index contributed by atoms with van der Waals surface area (Å²) in [6, 6.07) is 66.0. The van der Waals surface area contributed by atoms with E-state index in [2.05, 4.69) is 0 Å². The fraction of sp³-hybridized carbons (Fsp3) is 0. The number of hydrogen-bond acceptors (Lipinski definition) is 3. The Morgan fingerprint density at radius 2 is 0.254 bits per heavy atom. The van der Waals surface area contributed by atoms with Crippen LogP contribution in [-0.4, -0.2) is 39.3 Å². The van der Waals surface area contributed by atoms with Crippen molar-refractivity contribution in [1.29, 1.82) is 0 Å². The second-order valence-corrected chi connectivity index (χ2v) is 29.1. The monoisotopic (exact) mass is 1200 g/mol. The van der Waals surface area contributed by atoms with Crippen molar-refractivity contribution in [1.82, 2.24) is 0 Å². The predicted octanol–water partition coefficient (Wildman–Crippen LogP) is 10.7. The average Bonchev–Trinajstić information content (AvgIpc) is 3.35. The van der Waals surface area contributed by atoms with Crippen LogP contribution in [0.3, 0.4) is 0 Å². The van der Waals surface area contributed by atoms with Crippen LogP contribution in [0.15, 0.2) is 218 Å². The van der Waals surface area contributed by atoms with Gasteiger partial charge in [-0.15, -0.1) is 0 Å². The first-order valence-electron chi connectivity index (χ1n) is 21.0. The van der Waals surface area contributed by atoms with E-state index in [-0.39, 0.29) is 24.0 Å². The Morgan fingerprint density at radius 3 is 0.324 bits per heavy atom. The predicted molar refractivity (Wildman–Crippen MR) is 304 cm³/mol. The maximum atomic E-state index is 11.7. The van der Waals surface area contributed by atoms with Crippen molar-refractivity contribution in [2.24, 2.45) is 0 Å². The van der Waals surface area contributed by atoms with Crippen molar-refractivity contribution in [2.75, 3.05) is 0 Å². The number of hydrogen-bond donors (Lipinski definition) is 3. The van der Waals surface area contributed by atoms with Crippen LogP contribution in [0.1, 0.15) is 0 Å². The second-order valence-electron chi connectivity index (χ2n) is 15.7. The van der Waals surface area contributed by atoms with Crippen LogP contribution in [0.4, 0.5) is 0 Å². The molecular formula is C54H39Cl9O4Si3V. The summed E-state index contributed by atoms with van der Waals surface area (Å²) in [5.74, 6) is 0. The molecule has 0 aliphatic rings. The van der Waals surface area contributed by atoms with Gasteiger partial charge in [0.25, 0.3) is 25.0 Å². The van der Waals surface area contributed by atoms with Crippen LogP contribution in [0, 0.1) is 0 Å². The van der Waals surface area contributed by atoms with E-state index in [1.807, 2.05) is 109 Å². The molecule has 0 spiro atoms. The zero-order chi connectivity index (χ0) is 49.3. The zero-order valence-electron chi connectivity index (χ0n) is 36.9. The zero-order valence-corrected chi connectivity index (χ0v) is 48.1. The maximum Gasteiger partial charge on any atom is 2.00 e. The molecule has 0 saturated heterocycles. The molecule has 0 amide bonds. The van der Waals surface area contributed by atoms with Gasteiger partial charge >= 0.3 is 18.6 Å². The molecule has 0 saturated carbocycles. The van der Waals surface area contributed by atoms with Crippen LogP contribution in [0.5, 0.6) is 0 Å². The van der Waals surface area contributed by atoms with E-state index in [9.17, 15) is 14.4 Å². The van der Waals surface area contributed by atoms with Crippen molar-refractivity contribution in [3.05, 3.63) is 264 Å². The Morgan fingerprint density at radius 1 is 0.183 bits per heavy atom. The molecule has 0 bridgehead atoms. The van der Waals surface area contributed by atoms with Crippen LogP contribution < -0.4 is 46.7 Å². The van der Waals surface area contributed by atoms with Gasteiger partial charge in [0.2, 0.25) is 0 Å². The number of rotatable bonds is 9. The third kappa shape index (κ3) is 14.1. The molecule has 0 atom stereocenters. The van der Waals surface area contributed by atoms with E-state index in [0.29, 0.717) is 45.2 Å². The summed E-state index contributed by atoms with van der Waals surface area (Å²) in [6.07, 6.45) is 0. The molecule has 9 rings (SSSR count). The molecule has 4 nitrogen and oxygen atoms in total. The van der Waals surface area contributed by atoms with Gasteiger partial charge in [-0.3, -0.25) is 0 Å². The summed E-state index contributed by atoms with van der Waals surface area (Å²) in [5, 5.41) is 13.4. The summed E-state index contributed by atoms with van der Waals surface area (Å²) >= 11 is 53.9. The molecule has 0 aromatic heterocycles. The molecule has 9 aromatic carbocycles. The molecule has 3 N–H and O–H groups in total. The van der Waals surface area contributed by atoms with E-state index in [4.69, 9.17) is 104 Å². The third-order valence-corrected chi connectivity index (χ3v) is 24.1. The van der Waals surface area contributed by atoms with Crippen molar-refractivity contribution in [3.63, 3.8) is 0 Å². The normalized spacial score (nSPS) is 11.2. The third-order valence-electron chi connectivity index (χ3n) is 11.4. The van der Waals surface area contributed by atoms with Gasteiger partial charge in [-0.25, -0.2) is 0 Å². The fourth-order valence-corrected chi connectivity index (χ4v) is 17.7. The second kappa shape index (κ2) is 26.2. The van der Waals surface area contributed by atoms with Gasteiger partial charge in [-0.05, 0) is 156 Å². The summed E-state index contributed by atoms with van der Waals surface area (Å²) in [6.45, 7) is 0. The van der Waals surface area contributed by atoms with Gasteiger partial charge in [-0.2, -0.15) is 0 Å². The van der Waals surface area contributed by atoms with Crippen molar-refractivity contribution in [3.8, 4) is 0 Å². The van der Waals surface area contributed by atoms with Gasteiger partial charge < -0.3 is 19.9 Å². The van der Waals surface area contributed by atoms with E-state index < -0.39 is 25.0 Å². The Balaban J connectivity index is 0.000000195. The standard InChI is InChI=1S/3C18H13Cl3OSi.O.V/c3*19-13-1-7-16(8-2-13)23(22,17-9-3-14(20)4-10-17)18-11-5-15(21)6-12-18;;/h3*1-12,22H;;/q;;;-2;+2. The first-order chi connectivity index (χ1) is 33.0. The molecule has 17 heteroatoms.